The molecule has 2 fully saturated rings. The molecule has 21 heavy (non-hydrogen) atoms. The second-order valence-corrected chi connectivity index (χ2v) is 6.07. The van der Waals surface area contributed by atoms with Crippen molar-refractivity contribution in [2.45, 2.75) is 44.5 Å². The summed E-state index contributed by atoms with van der Waals surface area (Å²) in [6.07, 6.45) is 9.07. The van der Waals surface area contributed by atoms with Crippen LogP contribution in [-0.2, 0) is 19.0 Å². The Hall–Kier alpha value is -0.910. The predicted octanol–water partition coefficient (Wildman–Crippen LogP) is 1.72. The molecule has 2 saturated heterocycles. The third-order valence-electron chi connectivity index (χ3n) is 4.43. The fourth-order valence-corrected chi connectivity index (χ4v) is 3.26. The van der Waals surface area contributed by atoms with Crippen LogP contribution >= 0.6 is 0 Å². The molecular formula is C16H25NO4. The normalized spacial score (nSPS) is 29.9. The lowest BCUT2D eigenvalue weighted by atomic mass is 9.93. The summed E-state index contributed by atoms with van der Waals surface area (Å²) < 4.78 is 16.6. The lowest BCUT2D eigenvalue weighted by Crippen LogP contribution is -2.45. The minimum atomic E-state index is -0.269. The van der Waals surface area contributed by atoms with Gasteiger partial charge in [-0.2, -0.15) is 0 Å². The molecule has 3 rings (SSSR count). The van der Waals surface area contributed by atoms with E-state index in [9.17, 15) is 4.79 Å². The molecule has 0 aromatic heterocycles. The van der Waals surface area contributed by atoms with Crippen molar-refractivity contribution in [3.05, 3.63) is 12.2 Å². The highest BCUT2D eigenvalue weighted by molar-refractivity contribution is 5.81. The SMILES string of the molecule is O=C([C@H]1CCCO1)N(CC1OCCO1)C[C@@H]1CC=CCC1. The zero-order valence-electron chi connectivity index (χ0n) is 12.5. The summed E-state index contributed by atoms with van der Waals surface area (Å²) in [7, 11) is 0. The number of amides is 1. The van der Waals surface area contributed by atoms with Crippen LogP contribution in [0, 0.1) is 5.92 Å². The third kappa shape index (κ3) is 4.05. The summed E-state index contributed by atoms with van der Waals surface area (Å²) in [6.45, 7) is 3.26. The van der Waals surface area contributed by atoms with Crippen LogP contribution in [0.1, 0.15) is 32.1 Å². The molecule has 0 bridgehead atoms. The molecule has 2 heterocycles. The van der Waals surface area contributed by atoms with E-state index in [-0.39, 0.29) is 18.3 Å². The average Bonchev–Trinajstić information content (AvgIpc) is 3.20. The lowest BCUT2D eigenvalue weighted by molar-refractivity contribution is -0.147. The number of hydrogen-bond acceptors (Lipinski definition) is 4. The minimum absolute atomic E-state index is 0.112. The summed E-state index contributed by atoms with van der Waals surface area (Å²) >= 11 is 0. The Balaban J connectivity index is 1.60. The van der Waals surface area contributed by atoms with Gasteiger partial charge in [0.25, 0.3) is 5.91 Å². The van der Waals surface area contributed by atoms with Crippen molar-refractivity contribution in [1.29, 1.82) is 0 Å². The highest BCUT2D eigenvalue weighted by Gasteiger charge is 2.32. The molecule has 0 N–H and O–H groups in total. The number of allylic oxidation sites excluding steroid dienone is 2. The molecule has 2 atom stereocenters. The standard InChI is InChI=1S/C16H25NO4/c18-16(14-7-4-8-19-14)17(12-15-20-9-10-21-15)11-13-5-2-1-3-6-13/h1-2,13-15H,3-12H2/t13-,14-/m1/s1. The quantitative estimate of drug-likeness (QED) is 0.725. The van der Waals surface area contributed by atoms with Gasteiger partial charge in [0, 0.05) is 13.2 Å². The highest BCUT2D eigenvalue weighted by Crippen LogP contribution is 2.22. The smallest absolute Gasteiger partial charge is 0.251 e. The second kappa shape index (κ2) is 7.38. The summed E-state index contributed by atoms with van der Waals surface area (Å²) in [4.78, 5) is 14.6. The summed E-state index contributed by atoms with van der Waals surface area (Å²) in [5, 5.41) is 0. The molecule has 0 radical (unpaired) electrons. The Morgan fingerprint density at radius 3 is 2.57 bits per heavy atom. The zero-order chi connectivity index (χ0) is 14.5. The third-order valence-corrected chi connectivity index (χ3v) is 4.43. The number of rotatable bonds is 5. The van der Waals surface area contributed by atoms with E-state index < -0.39 is 0 Å². The van der Waals surface area contributed by atoms with Gasteiger partial charge in [-0.3, -0.25) is 4.79 Å². The molecule has 1 aliphatic carbocycles. The Morgan fingerprint density at radius 1 is 1.05 bits per heavy atom. The Labute approximate surface area is 126 Å². The van der Waals surface area contributed by atoms with E-state index in [4.69, 9.17) is 14.2 Å². The van der Waals surface area contributed by atoms with Gasteiger partial charge in [0.1, 0.15) is 6.10 Å². The van der Waals surface area contributed by atoms with Gasteiger partial charge >= 0.3 is 0 Å². The molecule has 2 aliphatic heterocycles. The van der Waals surface area contributed by atoms with Crippen LogP contribution < -0.4 is 0 Å². The van der Waals surface area contributed by atoms with E-state index in [2.05, 4.69) is 12.2 Å². The first-order chi connectivity index (χ1) is 10.3. The Morgan fingerprint density at radius 2 is 1.90 bits per heavy atom. The number of ether oxygens (including phenoxy) is 3. The van der Waals surface area contributed by atoms with Gasteiger partial charge in [-0.05, 0) is 38.0 Å². The zero-order valence-corrected chi connectivity index (χ0v) is 12.5. The average molecular weight is 295 g/mol. The van der Waals surface area contributed by atoms with Gasteiger partial charge in [0.2, 0.25) is 0 Å². The molecular weight excluding hydrogens is 270 g/mol. The monoisotopic (exact) mass is 295 g/mol. The Bertz CT molecular complexity index is 372. The molecule has 1 amide bonds. The van der Waals surface area contributed by atoms with E-state index in [1.807, 2.05) is 4.90 Å². The summed E-state index contributed by atoms with van der Waals surface area (Å²) in [6, 6.07) is 0. The van der Waals surface area contributed by atoms with Gasteiger partial charge < -0.3 is 19.1 Å². The molecule has 0 unspecified atom stereocenters. The fraction of sp³-hybridized carbons (Fsp3) is 0.812. The van der Waals surface area contributed by atoms with E-state index >= 15 is 0 Å². The number of carbonyl (C=O) groups excluding carboxylic acids is 1. The van der Waals surface area contributed by atoms with E-state index in [1.54, 1.807) is 0 Å². The predicted molar refractivity (Wildman–Crippen MR) is 77.7 cm³/mol. The highest BCUT2D eigenvalue weighted by atomic mass is 16.7. The molecule has 0 aromatic carbocycles. The molecule has 5 heteroatoms. The van der Waals surface area contributed by atoms with Crippen molar-refractivity contribution in [2.24, 2.45) is 5.92 Å². The second-order valence-electron chi connectivity index (χ2n) is 6.07. The first-order valence-corrected chi connectivity index (χ1v) is 8.11. The fourth-order valence-electron chi connectivity index (χ4n) is 3.26. The first kappa shape index (κ1) is 15.0. The maximum absolute atomic E-state index is 12.7. The molecule has 118 valence electrons. The molecule has 0 saturated carbocycles. The van der Waals surface area contributed by atoms with Crippen LogP contribution in [0.5, 0.6) is 0 Å². The van der Waals surface area contributed by atoms with Gasteiger partial charge in [-0.1, -0.05) is 12.2 Å². The van der Waals surface area contributed by atoms with Crippen molar-refractivity contribution in [3.8, 4) is 0 Å². The molecule has 3 aliphatic rings. The molecule has 0 aromatic rings. The topological polar surface area (TPSA) is 48.0 Å². The van der Waals surface area contributed by atoms with Crippen LogP contribution in [-0.4, -0.2) is 56.1 Å². The Kier molecular flexibility index (Phi) is 5.27. The number of nitrogens with zero attached hydrogens (tertiary/aromatic N) is 1. The van der Waals surface area contributed by atoms with Crippen molar-refractivity contribution in [2.75, 3.05) is 32.9 Å². The van der Waals surface area contributed by atoms with Crippen LogP contribution in [0.2, 0.25) is 0 Å². The molecule has 5 nitrogen and oxygen atoms in total. The van der Waals surface area contributed by atoms with Crippen molar-refractivity contribution >= 4 is 5.91 Å². The van der Waals surface area contributed by atoms with Crippen LogP contribution in [0.15, 0.2) is 12.2 Å². The van der Waals surface area contributed by atoms with Crippen molar-refractivity contribution < 1.29 is 19.0 Å². The number of hydrogen-bond donors (Lipinski definition) is 0. The van der Waals surface area contributed by atoms with E-state index in [1.165, 1.54) is 0 Å². The van der Waals surface area contributed by atoms with Gasteiger partial charge in [0.05, 0.1) is 19.8 Å². The van der Waals surface area contributed by atoms with Crippen molar-refractivity contribution in [3.63, 3.8) is 0 Å². The lowest BCUT2D eigenvalue weighted by Gasteiger charge is -2.31. The van der Waals surface area contributed by atoms with Crippen LogP contribution in [0.4, 0.5) is 0 Å². The van der Waals surface area contributed by atoms with Gasteiger partial charge in [0.15, 0.2) is 6.29 Å². The maximum atomic E-state index is 12.7. The maximum Gasteiger partial charge on any atom is 0.251 e. The van der Waals surface area contributed by atoms with Crippen molar-refractivity contribution in [1.82, 2.24) is 4.90 Å². The summed E-state index contributed by atoms with van der Waals surface area (Å²) in [5.74, 6) is 0.655. The van der Waals surface area contributed by atoms with E-state index in [0.29, 0.717) is 32.3 Å². The minimum Gasteiger partial charge on any atom is -0.368 e. The van der Waals surface area contributed by atoms with Gasteiger partial charge in [-0.25, -0.2) is 0 Å². The van der Waals surface area contributed by atoms with Crippen LogP contribution in [0.3, 0.4) is 0 Å². The number of carbonyl (C=O) groups is 1. The summed E-state index contributed by atoms with van der Waals surface area (Å²) in [5.41, 5.74) is 0. The van der Waals surface area contributed by atoms with Gasteiger partial charge in [-0.15, -0.1) is 0 Å². The van der Waals surface area contributed by atoms with E-state index in [0.717, 1.165) is 38.6 Å². The van der Waals surface area contributed by atoms with Crippen LogP contribution in [0.25, 0.3) is 0 Å². The molecule has 0 spiro atoms. The largest absolute Gasteiger partial charge is 0.368 e. The first-order valence-electron chi connectivity index (χ1n) is 8.11.